The summed E-state index contributed by atoms with van der Waals surface area (Å²) in [5.74, 6) is 5.90. The smallest absolute Gasteiger partial charge is 0.137 e. The van der Waals surface area contributed by atoms with Gasteiger partial charge >= 0.3 is 0 Å². The Bertz CT molecular complexity index is 493. The average molecular weight is 343 g/mol. The van der Waals surface area contributed by atoms with Crippen molar-refractivity contribution in [3.63, 3.8) is 0 Å². The molecule has 1 aromatic carbocycles. The van der Waals surface area contributed by atoms with Gasteiger partial charge in [-0.15, -0.1) is 0 Å². The highest BCUT2D eigenvalue weighted by atomic mass is 79.9. The quantitative estimate of drug-likeness (QED) is 0.653. The molecule has 3 N–H and O–H groups in total. The van der Waals surface area contributed by atoms with Crippen LogP contribution in [0.4, 0.5) is 4.39 Å². The van der Waals surface area contributed by atoms with Crippen LogP contribution < -0.4 is 11.3 Å². The zero-order chi connectivity index (χ0) is 14.2. The number of nitrogens with one attached hydrogen (secondary N) is 1. The molecule has 0 amide bonds. The van der Waals surface area contributed by atoms with E-state index in [1.165, 1.54) is 6.42 Å². The molecule has 1 spiro atoms. The minimum absolute atomic E-state index is 0.0148. The maximum atomic E-state index is 13.7. The molecule has 110 valence electrons. The van der Waals surface area contributed by atoms with Crippen molar-refractivity contribution in [2.45, 2.75) is 43.7 Å². The average Bonchev–Trinajstić information content (AvgIpc) is 2.42. The molecule has 2 atom stereocenters. The minimum atomic E-state index is -0.242. The molecule has 0 radical (unpaired) electrons. The van der Waals surface area contributed by atoms with Crippen LogP contribution in [0, 0.1) is 11.7 Å². The molecule has 1 aliphatic carbocycles. The molecule has 1 saturated heterocycles. The fourth-order valence-corrected chi connectivity index (χ4v) is 3.73. The van der Waals surface area contributed by atoms with Crippen LogP contribution in [0.15, 0.2) is 22.7 Å². The van der Waals surface area contributed by atoms with Gasteiger partial charge in [-0.25, -0.2) is 4.39 Å². The number of rotatable bonds is 3. The molecule has 2 fully saturated rings. The van der Waals surface area contributed by atoms with Crippen molar-refractivity contribution in [1.82, 2.24) is 5.43 Å². The topological polar surface area (TPSA) is 47.3 Å². The van der Waals surface area contributed by atoms with Crippen LogP contribution >= 0.6 is 15.9 Å². The van der Waals surface area contributed by atoms with E-state index < -0.39 is 0 Å². The number of hydrogen-bond donors (Lipinski definition) is 2. The molecule has 1 saturated carbocycles. The third-order valence-corrected chi connectivity index (χ3v) is 5.39. The molecule has 0 bridgehead atoms. The van der Waals surface area contributed by atoms with Crippen LogP contribution in [0.2, 0.25) is 0 Å². The molecule has 1 heterocycles. The lowest BCUT2D eigenvalue weighted by atomic mass is 9.70. The van der Waals surface area contributed by atoms with Gasteiger partial charge in [0.1, 0.15) is 5.82 Å². The predicted molar refractivity (Wildman–Crippen MR) is 79.4 cm³/mol. The van der Waals surface area contributed by atoms with Gasteiger partial charge in [0.2, 0.25) is 0 Å². The van der Waals surface area contributed by atoms with E-state index in [0.717, 1.165) is 37.9 Å². The Balaban J connectivity index is 1.79. The molecule has 20 heavy (non-hydrogen) atoms. The number of hydrazine groups is 1. The number of halogens is 2. The molecule has 3 rings (SSSR count). The van der Waals surface area contributed by atoms with Crippen LogP contribution in [0.25, 0.3) is 0 Å². The standard InChI is InChI=1S/C15H20BrFN2O/c16-12-3-2-10(8-13(12)17)14(19-18)11-4-7-20-15(9-11)5-1-6-15/h2-3,8,11,14,19H,1,4-7,9,18H2. The lowest BCUT2D eigenvalue weighted by Crippen LogP contribution is -2.48. The molecule has 3 nitrogen and oxygen atoms in total. The van der Waals surface area contributed by atoms with Gasteiger partial charge in [0.15, 0.2) is 0 Å². The van der Waals surface area contributed by atoms with Crippen LogP contribution in [-0.2, 0) is 4.74 Å². The highest BCUT2D eigenvalue weighted by Crippen LogP contribution is 2.47. The first kappa shape index (κ1) is 14.4. The van der Waals surface area contributed by atoms with Crippen molar-refractivity contribution < 1.29 is 9.13 Å². The normalized spacial score (nSPS) is 26.2. The Hall–Kier alpha value is -0.490. The molecular formula is C15H20BrFN2O. The first-order valence-corrected chi connectivity index (χ1v) is 7.98. The van der Waals surface area contributed by atoms with Crippen molar-refractivity contribution in [3.8, 4) is 0 Å². The summed E-state index contributed by atoms with van der Waals surface area (Å²) >= 11 is 3.19. The van der Waals surface area contributed by atoms with Gasteiger partial charge in [-0.05, 0) is 71.6 Å². The van der Waals surface area contributed by atoms with Crippen LogP contribution in [0.5, 0.6) is 0 Å². The fourth-order valence-electron chi connectivity index (χ4n) is 3.48. The summed E-state index contributed by atoms with van der Waals surface area (Å²) in [5.41, 5.74) is 3.87. The zero-order valence-corrected chi connectivity index (χ0v) is 13.0. The first-order chi connectivity index (χ1) is 9.63. The highest BCUT2D eigenvalue weighted by molar-refractivity contribution is 9.10. The largest absolute Gasteiger partial charge is 0.375 e. The second-order valence-corrected chi connectivity index (χ2v) is 6.81. The van der Waals surface area contributed by atoms with Crippen molar-refractivity contribution in [3.05, 3.63) is 34.1 Å². The van der Waals surface area contributed by atoms with Crippen molar-refractivity contribution >= 4 is 15.9 Å². The minimum Gasteiger partial charge on any atom is -0.375 e. The van der Waals surface area contributed by atoms with Gasteiger partial charge < -0.3 is 4.74 Å². The SMILES string of the molecule is NNC(c1ccc(Br)c(F)c1)C1CCOC2(CCC2)C1. The summed E-state index contributed by atoms with van der Waals surface area (Å²) in [5, 5.41) is 0. The Kier molecular flexibility index (Phi) is 4.13. The number of benzene rings is 1. The third-order valence-electron chi connectivity index (χ3n) is 4.75. The first-order valence-electron chi connectivity index (χ1n) is 7.19. The summed E-state index contributed by atoms with van der Waals surface area (Å²) in [6.07, 6.45) is 5.53. The van der Waals surface area contributed by atoms with E-state index in [-0.39, 0.29) is 17.5 Å². The van der Waals surface area contributed by atoms with Crippen molar-refractivity contribution in [1.29, 1.82) is 0 Å². The van der Waals surface area contributed by atoms with Gasteiger partial charge in [-0.2, -0.15) is 0 Å². The van der Waals surface area contributed by atoms with E-state index in [1.807, 2.05) is 6.07 Å². The van der Waals surface area contributed by atoms with Crippen molar-refractivity contribution in [2.24, 2.45) is 11.8 Å². The predicted octanol–water partition coefficient (Wildman–Crippen LogP) is 3.44. The monoisotopic (exact) mass is 342 g/mol. The second kappa shape index (κ2) is 5.72. The van der Waals surface area contributed by atoms with E-state index in [2.05, 4.69) is 21.4 Å². The molecular weight excluding hydrogens is 323 g/mol. The maximum Gasteiger partial charge on any atom is 0.137 e. The second-order valence-electron chi connectivity index (χ2n) is 5.96. The van der Waals surface area contributed by atoms with E-state index in [1.54, 1.807) is 12.1 Å². The van der Waals surface area contributed by atoms with E-state index in [0.29, 0.717) is 10.4 Å². The highest BCUT2D eigenvalue weighted by Gasteiger charge is 2.44. The van der Waals surface area contributed by atoms with Gasteiger partial charge in [0.25, 0.3) is 0 Å². The van der Waals surface area contributed by atoms with Crippen LogP contribution in [0.1, 0.15) is 43.7 Å². The summed E-state index contributed by atoms with van der Waals surface area (Å²) < 4.78 is 20.2. The van der Waals surface area contributed by atoms with Gasteiger partial charge in [-0.3, -0.25) is 11.3 Å². The number of ether oxygens (including phenoxy) is 1. The zero-order valence-electron chi connectivity index (χ0n) is 11.4. The third kappa shape index (κ3) is 2.64. The number of nitrogens with two attached hydrogens (primary N) is 1. The van der Waals surface area contributed by atoms with Gasteiger partial charge in [0.05, 0.1) is 10.1 Å². The lowest BCUT2D eigenvalue weighted by molar-refractivity contribution is -0.147. The van der Waals surface area contributed by atoms with Gasteiger partial charge in [-0.1, -0.05) is 6.07 Å². The molecule has 1 aromatic rings. The molecule has 2 unspecified atom stereocenters. The summed E-state index contributed by atoms with van der Waals surface area (Å²) in [7, 11) is 0. The number of hydrogen-bond acceptors (Lipinski definition) is 3. The van der Waals surface area contributed by atoms with E-state index >= 15 is 0 Å². The Morgan fingerprint density at radius 2 is 2.25 bits per heavy atom. The van der Waals surface area contributed by atoms with Crippen LogP contribution in [0.3, 0.4) is 0 Å². The Morgan fingerprint density at radius 1 is 1.45 bits per heavy atom. The fraction of sp³-hybridized carbons (Fsp3) is 0.600. The summed E-state index contributed by atoms with van der Waals surface area (Å²) in [4.78, 5) is 0. The summed E-state index contributed by atoms with van der Waals surface area (Å²) in [6, 6.07) is 5.23. The van der Waals surface area contributed by atoms with E-state index in [9.17, 15) is 4.39 Å². The molecule has 2 aliphatic rings. The Morgan fingerprint density at radius 3 is 2.85 bits per heavy atom. The molecule has 0 aromatic heterocycles. The van der Waals surface area contributed by atoms with E-state index in [4.69, 9.17) is 10.6 Å². The molecule has 1 aliphatic heterocycles. The van der Waals surface area contributed by atoms with Crippen LogP contribution in [-0.4, -0.2) is 12.2 Å². The molecule has 5 heteroatoms. The maximum absolute atomic E-state index is 13.7. The van der Waals surface area contributed by atoms with Gasteiger partial charge in [0, 0.05) is 12.6 Å². The van der Waals surface area contributed by atoms with Crippen molar-refractivity contribution in [2.75, 3.05) is 6.61 Å². The lowest BCUT2D eigenvalue weighted by Gasteiger charge is -2.48. The summed E-state index contributed by atoms with van der Waals surface area (Å²) in [6.45, 7) is 0.780. The Labute approximate surface area is 127 Å².